The van der Waals surface area contributed by atoms with E-state index in [0.29, 0.717) is 17.5 Å². The Morgan fingerprint density at radius 3 is 1.28 bits per heavy atom. The molecule has 11 aromatic carbocycles. The Bertz CT molecular complexity index is 5240. The molecule has 8 nitrogen and oxygen atoms in total. The summed E-state index contributed by atoms with van der Waals surface area (Å²) in [5.41, 5.74) is 17.1. The van der Waals surface area contributed by atoms with Crippen molar-refractivity contribution in [3.63, 3.8) is 0 Å². The highest BCUT2D eigenvalue weighted by atomic mass is 15.1. The zero-order chi connectivity index (χ0) is 51.0. The SMILES string of the molecule is c1ccc(-c2nc(-c3ccccc3)nc(-c3ccc4c(c3)nc3n4c4ccccc4c4cccc5c6cc(-c7ccc(-n8c9ccccc9c9ccc%10c%11ccccc%11n(-c%11ccccc%11)c%10c98)cc7)ccc6n3c45)n2)cc1. The first-order valence-electron chi connectivity index (χ1n) is 26.4. The summed E-state index contributed by atoms with van der Waals surface area (Å²) in [6.45, 7) is 0. The van der Waals surface area contributed by atoms with Gasteiger partial charge in [0.2, 0.25) is 5.78 Å². The van der Waals surface area contributed by atoms with Crippen LogP contribution in [0.4, 0.5) is 0 Å². The molecule has 0 unspecified atom stereocenters. The van der Waals surface area contributed by atoms with Gasteiger partial charge in [-0.15, -0.1) is 0 Å². The van der Waals surface area contributed by atoms with E-state index in [0.717, 1.165) is 83.3 Å². The lowest BCUT2D eigenvalue weighted by atomic mass is 10.0. The van der Waals surface area contributed by atoms with E-state index >= 15 is 0 Å². The molecule has 0 N–H and O–H groups in total. The van der Waals surface area contributed by atoms with E-state index in [9.17, 15) is 0 Å². The highest BCUT2D eigenvalue weighted by molar-refractivity contribution is 6.24. The van der Waals surface area contributed by atoms with Crippen molar-refractivity contribution >= 4 is 98.5 Å². The smallest absolute Gasteiger partial charge is 0.220 e. The zero-order valence-electron chi connectivity index (χ0n) is 41.8. The number of rotatable bonds is 6. The predicted octanol–water partition coefficient (Wildman–Crippen LogP) is 17.2. The molecule has 0 fully saturated rings. The topological polar surface area (TPSA) is 70.2 Å². The summed E-state index contributed by atoms with van der Waals surface area (Å²) < 4.78 is 9.60. The Balaban J connectivity index is 0.843. The highest BCUT2D eigenvalue weighted by Crippen LogP contribution is 2.43. The maximum Gasteiger partial charge on any atom is 0.220 e. The molecular weight excluding hydrogens is 953 g/mol. The van der Waals surface area contributed by atoms with E-state index in [-0.39, 0.29) is 0 Å². The molecule has 0 bridgehead atoms. The quantitative estimate of drug-likeness (QED) is 0.166. The largest absolute Gasteiger partial charge is 0.307 e. The number of fused-ring (bicyclic) bond motifs is 17. The normalized spacial score (nSPS) is 12.1. The summed E-state index contributed by atoms with van der Waals surface area (Å²) in [5, 5.41) is 9.58. The molecule has 0 radical (unpaired) electrons. The van der Waals surface area contributed by atoms with E-state index < -0.39 is 0 Å². The van der Waals surface area contributed by atoms with E-state index in [1.807, 2.05) is 60.7 Å². The summed E-state index contributed by atoms with van der Waals surface area (Å²) in [4.78, 5) is 20.7. The van der Waals surface area contributed by atoms with Gasteiger partial charge in [0.15, 0.2) is 17.5 Å². The third-order valence-electron chi connectivity index (χ3n) is 16.0. The third kappa shape index (κ3) is 6.16. The average Bonchev–Trinajstić information content (AvgIpc) is 4.44. The second-order valence-electron chi connectivity index (χ2n) is 20.2. The van der Waals surface area contributed by atoms with Crippen LogP contribution in [0.15, 0.2) is 255 Å². The van der Waals surface area contributed by atoms with Gasteiger partial charge in [-0.2, -0.15) is 0 Å². The van der Waals surface area contributed by atoms with Crippen molar-refractivity contribution < 1.29 is 0 Å². The fourth-order valence-electron chi connectivity index (χ4n) is 12.5. The number of aromatic nitrogens is 8. The monoisotopic (exact) mass is 994 g/mol. The van der Waals surface area contributed by atoms with Crippen molar-refractivity contribution in [3.8, 4) is 56.7 Å². The lowest BCUT2D eigenvalue weighted by molar-refractivity contribution is 1.07. The number of hydrogen-bond donors (Lipinski definition) is 0. The van der Waals surface area contributed by atoms with Gasteiger partial charge in [0.1, 0.15) is 0 Å². The first-order chi connectivity index (χ1) is 38.7. The Kier molecular flexibility index (Phi) is 8.96. The van der Waals surface area contributed by atoms with Crippen LogP contribution in [0.5, 0.6) is 0 Å². The van der Waals surface area contributed by atoms with Crippen molar-refractivity contribution in [2.75, 3.05) is 0 Å². The molecule has 17 rings (SSSR count). The van der Waals surface area contributed by atoms with Crippen LogP contribution in [0.2, 0.25) is 0 Å². The van der Waals surface area contributed by atoms with Crippen LogP contribution in [0.3, 0.4) is 0 Å². The fraction of sp³-hybridized carbons (Fsp3) is 0. The van der Waals surface area contributed by atoms with Gasteiger partial charge in [-0.05, 0) is 83.9 Å². The summed E-state index contributed by atoms with van der Waals surface area (Å²) in [6.07, 6.45) is 0. The second kappa shape index (κ2) is 16.4. The lowest BCUT2D eigenvalue weighted by Gasteiger charge is -2.13. The molecular formula is C70H42N8. The number of benzene rings is 11. The van der Waals surface area contributed by atoms with Crippen LogP contribution in [0, 0.1) is 0 Å². The first-order valence-corrected chi connectivity index (χ1v) is 26.4. The highest BCUT2D eigenvalue weighted by Gasteiger charge is 2.23. The lowest BCUT2D eigenvalue weighted by Crippen LogP contribution is -2.00. The molecule has 0 amide bonds. The Morgan fingerprint density at radius 1 is 0.231 bits per heavy atom. The van der Waals surface area contributed by atoms with Crippen LogP contribution in [0.25, 0.3) is 155 Å². The van der Waals surface area contributed by atoms with Crippen molar-refractivity contribution in [2.24, 2.45) is 0 Å². The molecule has 6 heterocycles. The summed E-state index contributed by atoms with van der Waals surface area (Å²) in [6, 6.07) is 91.0. The first kappa shape index (κ1) is 42.6. The number of hydrogen-bond acceptors (Lipinski definition) is 4. The minimum atomic E-state index is 0.590. The van der Waals surface area contributed by atoms with Gasteiger partial charge in [0.25, 0.3) is 0 Å². The molecule has 0 aliphatic rings. The fourth-order valence-corrected chi connectivity index (χ4v) is 12.5. The van der Waals surface area contributed by atoms with Crippen LogP contribution in [-0.4, -0.2) is 37.9 Å². The number of para-hydroxylation sites is 5. The van der Waals surface area contributed by atoms with Gasteiger partial charge < -0.3 is 9.13 Å². The van der Waals surface area contributed by atoms with E-state index in [1.54, 1.807) is 0 Å². The van der Waals surface area contributed by atoms with Gasteiger partial charge in [-0.25, -0.2) is 19.9 Å². The molecule has 362 valence electrons. The van der Waals surface area contributed by atoms with Crippen molar-refractivity contribution in [3.05, 3.63) is 255 Å². The predicted molar refractivity (Wildman–Crippen MR) is 320 cm³/mol. The molecule has 0 saturated carbocycles. The van der Waals surface area contributed by atoms with Gasteiger partial charge in [0, 0.05) is 71.2 Å². The Morgan fingerprint density at radius 2 is 0.667 bits per heavy atom. The van der Waals surface area contributed by atoms with Crippen molar-refractivity contribution in [1.29, 1.82) is 0 Å². The molecule has 17 aromatic rings. The molecule has 0 aliphatic carbocycles. The number of imidazole rings is 1. The molecule has 8 heteroatoms. The minimum Gasteiger partial charge on any atom is -0.307 e. The Hall–Kier alpha value is -10.7. The van der Waals surface area contributed by atoms with Crippen molar-refractivity contribution in [1.82, 2.24) is 37.9 Å². The van der Waals surface area contributed by atoms with Crippen LogP contribution in [0.1, 0.15) is 0 Å². The van der Waals surface area contributed by atoms with E-state index in [1.165, 1.54) is 54.4 Å². The zero-order valence-corrected chi connectivity index (χ0v) is 41.8. The van der Waals surface area contributed by atoms with E-state index in [4.69, 9.17) is 19.9 Å². The van der Waals surface area contributed by atoms with Gasteiger partial charge in [0.05, 0.1) is 49.7 Å². The molecule has 6 aromatic heterocycles. The third-order valence-corrected chi connectivity index (χ3v) is 16.0. The van der Waals surface area contributed by atoms with E-state index in [2.05, 4.69) is 212 Å². The molecule has 0 aliphatic heterocycles. The minimum absolute atomic E-state index is 0.590. The maximum absolute atomic E-state index is 5.57. The molecule has 0 spiro atoms. The number of nitrogens with zero attached hydrogens (tertiary/aromatic N) is 8. The molecule has 0 saturated heterocycles. The van der Waals surface area contributed by atoms with Gasteiger partial charge in [-0.1, -0.05) is 182 Å². The maximum atomic E-state index is 5.57. The second-order valence-corrected chi connectivity index (χ2v) is 20.2. The molecule has 0 atom stereocenters. The van der Waals surface area contributed by atoms with Crippen molar-refractivity contribution in [2.45, 2.75) is 0 Å². The van der Waals surface area contributed by atoms with Crippen LogP contribution < -0.4 is 0 Å². The Labute approximate surface area is 445 Å². The average molecular weight is 995 g/mol. The van der Waals surface area contributed by atoms with Gasteiger partial charge >= 0.3 is 0 Å². The standard InChI is InChI=1S/C70H42N8/c1-4-17-44(18-5-1)67-72-68(45-19-6-2-7-20-45)74-69(73-67)47-34-40-63-58(42-47)71-70-77(63)61-30-15-12-23-50(61)53-26-16-27-54-57-41-46(33-39-62(57)78(70)64(53)54)43-31-35-49(36-32-43)76-60-29-14-11-25-52(60)56-38-37-55-51-24-10-13-28-59(51)75(65(55)66(56)76)48-21-8-3-9-22-48/h1-42H. The molecule has 78 heavy (non-hydrogen) atoms. The summed E-state index contributed by atoms with van der Waals surface area (Å²) in [7, 11) is 0. The summed E-state index contributed by atoms with van der Waals surface area (Å²) >= 11 is 0. The summed E-state index contributed by atoms with van der Waals surface area (Å²) in [5.74, 6) is 2.66. The van der Waals surface area contributed by atoms with Crippen LogP contribution in [-0.2, 0) is 0 Å². The van der Waals surface area contributed by atoms with Gasteiger partial charge in [-0.3, -0.25) is 8.80 Å². The van der Waals surface area contributed by atoms with Crippen LogP contribution >= 0.6 is 0 Å².